The minimum atomic E-state index is -2.83. The van der Waals surface area contributed by atoms with Crippen LogP contribution in [-0.2, 0) is 30.4 Å². The highest BCUT2D eigenvalue weighted by molar-refractivity contribution is 9.10. The normalized spacial score (nSPS) is 31.0. The molecule has 3 saturated carbocycles. The molecule has 1 aromatic carbocycles. The van der Waals surface area contributed by atoms with Gasteiger partial charge in [0, 0.05) is 36.8 Å². The summed E-state index contributed by atoms with van der Waals surface area (Å²) in [6.45, 7) is 0. The maximum Gasteiger partial charge on any atom is 0.256 e. The molecule has 232 valence electrons. The van der Waals surface area contributed by atoms with Gasteiger partial charge in [-0.15, -0.1) is 0 Å². The van der Waals surface area contributed by atoms with Crippen molar-refractivity contribution in [1.29, 1.82) is 0 Å². The molecule has 4 aliphatic rings. The first-order valence-electron chi connectivity index (χ1n) is 14.1. The summed E-state index contributed by atoms with van der Waals surface area (Å²) in [5.74, 6) is -11.7. The quantitative estimate of drug-likeness (QED) is 0.199. The van der Waals surface area contributed by atoms with Crippen molar-refractivity contribution in [3.8, 4) is 5.75 Å². The molecule has 4 N–H and O–H groups in total. The van der Waals surface area contributed by atoms with E-state index in [4.69, 9.17) is 11.6 Å². The van der Waals surface area contributed by atoms with E-state index in [1.165, 1.54) is 25.1 Å². The molecule has 5 rings (SSSR count). The summed E-state index contributed by atoms with van der Waals surface area (Å²) in [6, 6.07) is -0.0140. The van der Waals surface area contributed by atoms with Gasteiger partial charge in [0.15, 0.2) is 34.7 Å². The van der Waals surface area contributed by atoms with Crippen LogP contribution in [0, 0.1) is 23.7 Å². The number of nitrogens with one attached hydrogen (secondary N) is 2. The standard InChI is InChI=1S/C29H34BrClN4O8/c1-34(2)21-13-8-12-9-14-22(35(3)4)24(39)20(27(42)33-32-17(37)11-28(30)6-5-7-28)26(41)29(14,43)25(40)18(12)23(38)19(13)16(36)10-15(21)31/h10,12,14,18,20,22,36,43H,5-9,11H2,1-4H3,(H,32,37)(H,33,42)/t12?,14?,18?,20?,22-,29-/m0/s1. The number of benzene rings is 1. The molecule has 0 aliphatic heterocycles. The van der Waals surface area contributed by atoms with E-state index in [-0.39, 0.29) is 34.2 Å². The zero-order valence-electron chi connectivity index (χ0n) is 24.2. The van der Waals surface area contributed by atoms with Crippen molar-refractivity contribution < 1.29 is 39.0 Å². The monoisotopic (exact) mass is 680 g/mol. The number of hydrazine groups is 1. The number of Topliss-reactive ketones (excluding diaryl/α,β-unsaturated/α-hetero) is 4. The molecular formula is C29H34BrClN4O8. The Morgan fingerprint density at radius 2 is 1.74 bits per heavy atom. The number of carbonyl (C=O) groups is 6. The maximum atomic E-state index is 14.1. The van der Waals surface area contributed by atoms with Gasteiger partial charge < -0.3 is 15.1 Å². The van der Waals surface area contributed by atoms with Crippen LogP contribution in [0.25, 0.3) is 0 Å². The minimum absolute atomic E-state index is 0.0586. The molecule has 12 nitrogen and oxygen atoms in total. The first-order valence-corrected chi connectivity index (χ1v) is 15.2. The van der Waals surface area contributed by atoms with Crippen molar-refractivity contribution in [3.63, 3.8) is 0 Å². The molecule has 6 atom stereocenters. The molecule has 0 spiro atoms. The van der Waals surface area contributed by atoms with Crippen LogP contribution in [0.3, 0.4) is 0 Å². The number of alkyl halides is 1. The van der Waals surface area contributed by atoms with Gasteiger partial charge in [0.2, 0.25) is 5.91 Å². The molecule has 3 fully saturated rings. The number of likely N-dealkylation sites (N-methyl/N-ethyl adjacent to an activating group) is 1. The fourth-order valence-electron chi connectivity index (χ4n) is 7.37. The van der Waals surface area contributed by atoms with E-state index >= 15 is 0 Å². The number of ketones is 4. The Bertz CT molecular complexity index is 1460. The number of carbonyl (C=O) groups excluding carboxylic acids is 6. The fourth-order valence-corrected chi connectivity index (χ4v) is 8.57. The molecule has 0 heterocycles. The summed E-state index contributed by atoms with van der Waals surface area (Å²) in [5, 5.41) is 22.8. The number of fused-ring (bicyclic) bond motifs is 3. The maximum absolute atomic E-state index is 14.1. The highest BCUT2D eigenvalue weighted by Gasteiger charge is 2.69. The molecular weight excluding hydrogens is 648 g/mol. The SMILES string of the molecule is CN(C)c1c(Cl)cc(O)c2c1CC1CC3[C@H](N(C)C)C(=O)C(C(=O)NNC(=O)CC4(Br)CCC4)C(=O)[C@@]3(O)C(=O)C1C2=O. The van der Waals surface area contributed by atoms with Crippen LogP contribution in [0.5, 0.6) is 5.75 Å². The predicted molar refractivity (Wildman–Crippen MR) is 158 cm³/mol. The Hall–Kier alpha value is -2.87. The Balaban J connectivity index is 1.48. The zero-order chi connectivity index (χ0) is 31.8. The van der Waals surface area contributed by atoms with Crippen molar-refractivity contribution in [2.45, 2.75) is 54.5 Å². The van der Waals surface area contributed by atoms with Crippen LogP contribution >= 0.6 is 27.5 Å². The molecule has 4 aliphatic carbocycles. The molecule has 14 heteroatoms. The van der Waals surface area contributed by atoms with Crippen LogP contribution in [0.15, 0.2) is 6.07 Å². The second-order valence-electron chi connectivity index (χ2n) is 12.6. The molecule has 4 unspecified atom stereocenters. The van der Waals surface area contributed by atoms with Crippen LogP contribution < -0.4 is 15.8 Å². The van der Waals surface area contributed by atoms with Gasteiger partial charge in [0.1, 0.15) is 5.75 Å². The third kappa shape index (κ3) is 4.88. The largest absolute Gasteiger partial charge is 0.507 e. The molecule has 2 amide bonds. The Kier molecular flexibility index (Phi) is 8.02. The summed E-state index contributed by atoms with van der Waals surface area (Å²) in [6.07, 6.45) is 2.64. The van der Waals surface area contributed by atoms with E-state index in [1.54, 1.807) is 19.0 Å². The van der Waals surface area contributed by atoms with Gasteiger partial charge in [-0.1, -0.05) is 34.0 Å². The number of hydrogen-bond acceptors (Lipinski definition) is 10. The van der Waals surface area contributed by atoms with Crippen molar-refractivity contribution in [3.05, 3.63) is 22.2 Å². The lowest BCUT2D eigenvalue weighted by Gasteiger charge is -2.52. The average Bonchev–Trinajstić information content (AvgIpc) is 2.88. The molecule has 1 aromatic rings. The number of aliphatic hydroxyl groups is 1. The summed E-state index contributed by atoms with van der Waals surface area (Å²) in [4.78, 5) is 84.3. The predicted octanol–water partition coefficient (Wildman–Crippen LogP) is 0.956. The molecule has 0 bridgehead atoms. The van der Waals surface area contributed by atoms with E-state index in [0.717, 1.165) is 19.3 Å². The van der Waals surface area contributed by atoms with Crippen molar-refractivity contribution >= 4 is 68.2 Å². The van der Waals surface area contributed by atoms with Crippen LogP contribution in [0.4, 0.5) is 5.69 Å². The highest BCUT2D eigenvalue weighted by Crippen LogP contribution is 2.52. The van der Waals surface area contributed by atoms with Gasteiger partial charge in [-0.05, 0) is 51.3 Å². The Morgan fingerprint density at radius 3 is 2.30 bits per heavy atom. The lowest BCUT2D eigenvalue weighted by atomic mass is 9.52. The first-order chi connectivity index (χ1) is 20.0. The van der Waals surface area contributed by atoms with Gasteiger partial charge in [-0.2, -0.15) is 0 Å². The van der Waals surface area contributed by atoms with E-state index in [0.29, 0.717) is 11.3 Å². The average molecular weight is 682 g/mol. The van der Waals surface area contributed by atoms with Crippen LogP contribution in [-0.4, -0.2) is 94.2 Å². The minimum Gasteiger partial charge on any atom is -0.507 e. The number of nitrogens with zero attached hydrogens (tertiary/aromatic N) is 2. The highest BCUT2D eigenvalue weighted by atomic mass is 79.9. The molecule has 0 aromatic heterocycles. The Morgan fingerprint density at radius 1 is 1.09 bits per heavy atom. The number of hydrogen-bond donors (Lipinski definition) is 4. The number of halogens is 2. The summed E-state index contributed by atoms with van der Waals surface area (Å²) in [5.41, 5.74) is 2.34. The summed E-state index contributed by atoms with van der Waals surface area (Å²) >= 11 is 9.90. The number of phenolic OH excluding ortho intramolecular Hbond substituents is 1. The van der Waals surface area contributed by atoms with Crippen LogP contribution in [0.2, 0.25) is 5.02 Å². The van der Waals surface area contributed by atoms with Crippen molar-refractivity contribution in [2.75, 3.05) is 33.1 Å². The first kappa shape index (κ1) is 31.6. The lowest BCUT2D eigenvalue weighted by Crippen LogP contribution is -2.74. The second kappa shape index (κ2) is 10.9. The third-order valence-corrected chi connectivity index (χ3v) is 10.8. The van der Waals surface area contributed by atoms with Crippen molar-refractivity contribution in [1.82, 2.24) is 15.8 Å². The number of phenols is 1. The van der Waals surface area contributed by atoms with Gasteiger partial charge in [-0.25, -0.2) is 0 Å². The molecule has 43 heavy (non-hydrogen) atoms. The third-order valence-electron chi connectivity index (χ3n) is 9.46. The Labute approximate surface area is 261 Å². The van der Waals surface area contributed by atoms with Gasteiger partial charge in [0.05, 0.1) is 28.2 Å². The second-order valence-corrected chi connectivity index (χ2v) is 14.7. The van der Waals surface area contributed by atoms with Gasteiger partial charge in [0.25, 0.3) is 5.91 Å². The van der Waals surface area contributed by atoms with E-state index in [2.05, 4.69) is 26.8 Å². The topological polar surface area (TPSA) is 173 Å². The van der Waals surface area contributed by atoms with Crippen LogP contribution in [0.1, 0.15) is 48.0 Å². The fraction of sp³-hybridized carbons (Fsp3) is 0.586. The summed E-state index contributed by atoms with van der Waals surface area (Å²) < 4.78 is -0.375. The number of anilines is 1. The van der Waals surface area contributed by atoms with Gasteiger partial charge >= 0.3 is 0 Å². The number of aromatic hydroxyl groups is 1. The number of amides is 2. The smallest absolute Gasteiger partial charge is 0.256 e. The van der Waals surface area contributed by atoms with Crippen molar-refractivity contribution in [2.24, 2.45) is 23.7 Å². The molecule has 0 saturated heterocycles. The van der Waals surface area contributed by atoms with E-state index in [9.17, 15) is 39.0 Å². The van der Waals surface area contributed by atoms with E-state index < -0.39 is 76.0 Å². The number of rotatable bonds is 5. The lowest BCUT2D eigenvalue weighted by molar-refractivity contribution is -0.181. The summed E-state index contributed by atoms with van der Waals surface area (Å²) in [7, 11) is 6.51. The molecule has 0 radical (unpaired) electrons. The zero-order valence-corrected chi connectivity index (χ0v) is 26.5. The van der Waals surface area contributed by atoms with E-state index in [1.807, 2.05) is 0 Å². The van der Waals surface area contributed by atoms with Gasteiger partial charge in [-0.3, -0.25) is 44.5 Å².